The Balaban J connectivity index is 2.51. The fourth-order valence-corrected chi connectivity index (χ4v) is 1.26. The fraction of sp³-hybridized carbons (Fsp3) is 0.200. The minimum absolute atomic E-state index is 0.696. The summed E-state index contributed by atoms with van der Waals surface area (Å²) in [6.07, 6.45) is 1.73. The Kier molecular flexibility index (Phi) is 2.18. The van der Waals surface area contributed by atoms with E-state index in [0.29, 0.717) is 5.88 Å². The minimum atomic E-state index is 0.696. The molecule has 2 heterocycles. The first-order valence-electron chi connectivity index (χ1n) is 4.33. The van der Waals surface area contributed by atoms with Gasteiger partial charge in [0.1, 0.15) is 0 Å². The highest BCUT2D eigenvalue weighted by atomic mass is 16.5. The number of methoxy groups -OCH3 is 1. The van der Waals surface area contributed by atoms with Gasteiger partial charge < -0.3 is 4.74 Å². The molecule has 0 amide bonds. The second kappa shape index (κ2) is 3.49. The summed E-state index contributed by atoms with van der Waals surface area (Å²) in [6.45, 7) is 1.92. The van der Waals surface area contributed by atoms with Crippen LogP contribution in [-0.2, 0) is 0 Å². The van der Waals surface area contributed by atoms with Crippen LogP contribution in [0.5, 0.6) is 5.88 Å². The molecule has 0 aromatic carbocycles. The maximum atomic E-state index is 5.18. The van der Waals surface area contributed by atoms with E-state index < -0.39 is 0 Å². The molecule has 0 aliphatic rings. The molecule has 0 fully saturated rings. The summed E-state index contributed by atoms with van der Waals surface area (Å²) in [5.74, 6) is 1.46. The molecule has 0 unspecified atom stereocenters. The van der Waals surface area contributed by atoms with E-state index in [1.807, 2.05) is 31.2 Å². The fourth-order valence-electron chi connectivity index (χ4n) is 1.26. The maximum absolute atomic E-state index is 5.18. The van der Waals surface area contributed by atoms with E-state index in [1.54, 1.807) is 18.0 Å². The second-order valence-electron chi connectivity index (χ2n) is 2.93. The molecule has 0 aliphatic heterocycles. The number of pyridine rings is 1. The van der Waals surface area contributed by atoms with Crippen LogP contribution in [0.15, 0.2) is 30.5 Å². The van der Waals surface area contributed by atoms with Gasteiger partial charge in [0.2, 0.25) is 5.88 Å². The van der Waals surface area contributed by atoms with E-state index in [-0.39, 0.29) is 0 Å². The van der Waals surface area contributed by atoms with Gasteiger partial charge in [-0.3, -0.25) is 0 Å². The van der Waals surface area contributed by atoms with Crippen molar-refractivity contribution < 1.29 is 4.74 Å². The van der Waals surface area contributed by atoms with Crippen molar-refractivity contribution in [1.29, 1.82) is 0 Å². The van der Waals surface area contributed by atoms with Crippen LogP contribution in [0.4, 0.5) is 0 Å². The average molecular weight is 189 g/mol. The van der Waals surface area contributed by atoms with Gasteiger partial charge in [-0.15, -0.1) is 0 Å². The third-order valence-corrected chi connectivity index (χ3v) is 1.87. The molecule has 0 radical (unpaired) electrons. The van der Waals surface area contributed by atoms with Crippen LogP contribution in [0.2, 0.25) is 0 Å². The third kappa shape index (κ3) is 1.46. The standard InChI is InChI=1S/C10H11N3O/c1-8-7-10(14-2)13(12-8)9-5-3-4-6-11-9/h3-7H,1-2H3. The van der Waals surface area contributed by atoms with E-state index in [2.05, 4.69) is 10.1 Å². The highest BCUT2D eigenvalue weighted by Crippen LogP contribution is 2.16. The van der Waals surface area contributed by atoms with E-state index in [4.69, 9.17) is 4.74 Å². The van der Waals surface area contributed by atoms with Crippen LogP contribution in [-0.4, -0.2) is 21.9 Å². The Morgan fingerprint density at radius 3 is 2.86 bits per heavy atom. The number of hydrogen-bond donors (Lipinski definition) is 0. The van der Waals surface area contributed by atoms with Gasteiger partial charge in [0.25, 0.3) is 0 Å². The number of hydrogen-bond acceptors (Lipinski definition) is 3. The van der Waals surface area contributed by atoms with Crippen molar-refractivity contribution in [2.24, 2.45) is 0 Å². The Morgan fingerprint density at radius 2 is 2.21 bits per heavy atom. The summed E-state index contributed by atoms with van der Waals surface area (Å²) in [6, 6.07) is 7.54. The molecule has 0 saturated heterocycles. The molecule has 0 aliphatic carbocycles. The van der Waals surface area contributed by atoms with Gasteiger partial charge in [0.05, 0.1) is 12.8 Å². The Bertz CT molecular complexity index is 422. The normalized spacial score (nSPS) is 10.1. The zero-order valence-electron chi connectivity index (χ0n) is 8.14. The number of ether oxygens (including phenoxy) is 1. The van der Waals surface area contributed by atoms with Crippen LogP contribution in [0.25, 0.3) is 5.82 Å². The minimum Gasteiger partial charge on any atom is -0.481 e. The molecule has 4 heteroatoms. The molecule has 0 atom stereocenters. The monoisotopic (exact) mass is 189 g/mol. The lowest BCUT2D eigenvalue weighted by Crippen LogP contribution is -2.01. The van der Waals surface area contributed by atoms with Gasteiger partial charge in [0, 0.05) is 12.3 Å². The van der Waals surface area contributed by atoms with Crippen molar-refractivity contribution in [3.05, 3.63) is 36.2 Å². The zero-order chi connectivity index (χ0) is 9.97. The molecule has 14 heavy (non-hydrogen) atoms. The topological polar surface area (TPSA) is 39.9 Å². The van der Waals surface area contributed by atoms with Gasteiger partial charge >= 0.3 is 0 Å². The van der Waals surface area contributed by atoms with Crippen LogP contribution in [0.1, 0.15) is 5.69 Å². The highest BCUT2D eigenvalue weighted by Gasteiger charge is 2.07. The van der Waals surface area contributed by atoms with Crippen LogP contribution in [0, 0.1) is 6.92 Å². The van der Waals surface area contributed by atoms with Gasteiger partial charge in [-0.2, -0.15) is 9.78 Å². The summed E-state index contributed by atoms with van der Waals surface area (Å²) >= 11 is 0. The van der Waals surface area contributed by atoms with Crippen molar-refractivity contribution in [3.8, 4) is 11.7 Å². The third-order valence-electron chi connectivity index (χ3n) is 1.87. The van der Waals surface area contributed by atoms with E-state index in [0.717, 1.165) is 11.5 Å². The zero-order valence-corrected chi connectivity index (χ0v) is 8.14. The van der Waals surface area contributed by atoms with E-state index in [1.165, 1.54) is 0 Å². The lowest BCUT2D eigenvalue weighted by molar-refractivity contribution is 0.382. The van der Waals surface area contributed by atoms with Gasteiger partial charge in [0.15, 0.2) is 5.82 Å². The first-order chi connectivity index (χ1) is 6.81. The lowest BCUT2D eigenvalue weighted by Gasteiger charge is -2.03. The molecular formula is C10H11N3O. The molecular weight excluding hydrogens is 178 g/mol. The van der Waals surface area contributed by atoms with Crippen molar-refractivity contribution in [1.82, 2.24) is 14.8 Å². The van der Waals surface area contributed by atoms with Crippen molar-refractivity contribution in [3.63, 3.8) is 0 Å². The van der Waals surface area contributed by atoms with E-state index >= 15 is 0 Å². The molecule has 2 aromatic rings. The largest absolute Gasteiger partial charge is 0.481 e. The van der Waals surface area contributed by atoms with Gasteiger partial charge in [-0.1, -0.05) is 6.07 Å². The van der Waals surface area contributed by atoms with Crippen LogP contribution >= 0.6 is 0 Å². The number of aryl methyl sites for hydroxylation is 1. The SMILES string of the molecule is COc1cc(C)nn1-c1ccccn1. The Hall–Kier alpha value is -1.84. The molecule has 0 spiro atoms. The van der Waals surface area contributed by atoms with Gasteiger partial charge in [-0.25, -0.2) is 4.98 Å². The Morgan fingerprint density at radius 1 is 1.36 bits per heavy atom. The second-order valence-corrected chi connectivity index (χ2v) is 2.93. The molecule has 0 bridgehead atoms. The van der Waals surface area contributed by atoms with Gasteiger partial charge in [-0.05, 0) is 19.1 Å². The number of nitrogens with zero attached hydrogens (tertiary/aromatic N) is 3. The maximum Gasteiger partial charge on any atom is 0.218 e. The summed E-state index contributed by atoms with van der Waals surface area (Å²) < 4.78 is 6.86. The number of aromatic nitrogens is 3. The Labute approximate surface area is 82.2 Å². The predicted octanol–water partition coefficient (Wildman–Crippen LogP) is 1.58. The van der Waals surface area contributed by atoms with Crippen molar-refractivity contribution >= 4 is 0 Å². The summed E-state index contributed by atoms with van der Waals surface area (Å²) in [4.78, 5) is 4.19. The molecule has 2 rings (SSSR count). The lowest BCUT2D eigenvalue weighted by atomic mass is 10.4. The summed E-state index contributed by atoms with van der Waals surface area (Å²) in [7, 11) is 1.62. The molecule has 0 saturated carbocycles. The molecule has 0 N–H and O–H groups in total. The summed E-state index contributed by atoms with van der Waals surface area (Å²) in [5, 5.41) is 4.28. The van der Waals surface area contributed by atoms with Crippen LogP contribution in [0.3, 0.4) is 0 Å². The number of rotatable bonds is 2. The van der Waals surface area contributed by atoms with Crippen molar-refractivity contribution in [2.45, 2.75) is 6.92 Å². The predicted molar refractivity (Wildman–Crippen MR) is 52.6 cm³/mol. The van der Waals surface area contributed by atoms with Crippen molar-refractivity contribution in [2.75, 3.05) is 7.11 Å². The summed E-state index contributed by atoms with van der Waals surface area (Å²) in [5.41, 5.74) is 0.910. The first kappa shape index (κ1) is 8.74. The smallest absolute Gasteiger partial charge is 0.218 e. The highest BCUT2D eigenvalue weighted by molar-refractivity contribution is 5.28. The molecule has 4 nitrogen and oxygen atoms in total. The quantitative estimate of drug-likeness (QED) is 0.720. The van der Waals surface area contributed by atoms with Crippen LogP contribution < -0.4 is 4.74 Å². The van der Waals surface area contributed by atoms with E-state index in [9.17, 15) is 0 Å². The molecule has 2 aromatic heterocycles. The first-order valence-corrected chi connectivity index (χ1v) is 4.33. The molecule has 72 valence electrons. The average Bonchev–Trinajstić information content (AvgIpc) is 2.61.